The smallest absolute Gasteiger partial charge is 0.273 e. The van der Waals surface area contributed by atoms with Crippen molar-refractivity contribution in [2.75, 3.05) is 0 Å². The number of hydrogen-bond donors (Lipinski definition) is 0. The summed E-state index contributed by atoms with van der Waals surface area (Å²) in [7, 11) is 0. The van der Waals surface area contributed by atoms with E-state index in [2.05, 4.69) is 42.0 Å². The van der Waals surface area contributed by atoms with Gasteiger partial charge < -0.3 is 0 Å². The van der Waals surface area contributed by atoms with E-state index in [1.807, 2.05) is 24.3 Å². The topological polar surface area (TPSA) is 42.9 Å². The lowest BCUT2D eigenvalue weighted by molar-refractivity contribution is -0.117. The van der Waals surface area contributed by atoms with E-state index in [1.54, 1.807) is 24.5 Å². The summed E-state index contributed by atoms with van der Waals surface area (Å²) in [5, 5.41) is 0. The number of ketones is 1. The molecule has 178 valence electrons. The van der Waals surface area contributed by atoms with Crippen molar-refractivity contribution in [2.24, 2.45) is 0 Å². The van der Waals surface area contributed by atoms with Gasteiger partial charge in [0.1, 0.15) is 5.78 Å². The molecule has 0 aliphatic carbocycles. The van der Waals surface area contributed by atoms with E-state index < -0.39 is 5.92 Å². The van der Waals surface area contributed by atoms with E-state index in [0.717, 1.165) is 39.2 Å². The molecule has 35 heavy (non-hydrogen) atoms. The Hall–Kier alpha value is -3.73. The lowest BCUT2D eigenvalue weighted by atomic mass is 9.97. The maximum Gasteiger partial charge on any atom is 0.273 e. The summed E-state index contributed by atoms with van der Waals surface area (Å²) in [5.74, 6) is -2.81. The second-order valence-electron chi connectivity index (χ2n) is 8.92. The molecule has 0 N–H and O–H groups in total. The standard InChI is InChI=1S/C30H28F2N2O/c1-4-30(31,32)25-12-8-23(9-13-25)19-26(35)18-22-6-10-24(11-7-22)28-29(34-16-15-33-28)27-14-5-20(2)17-21(27)3/h5-17H,4,18-19H2,1-3H3. The molecule has 3 nitrogen and oxygen atoms in total. The monoisotopic (exact) mass is 470 g/mol. The van der Waals surface area contributed by atoms with Gasteiger partial charge in [-0.25, -0.2) is 8.78 Å². The molecule has 0 spiro atoms. The molecule has 0 amide bonds. The minimum Gasteiger partial charge on any atom is -0.299 e. The predicted octanol–water partition coefficient (Wildman–Crippen LogP) is 7.28. The van der Waals surface area contributed by atoms with Crippen molar-refractivity contribution in [3.63, 3.8) is 0 Å². The summed E-state index contributed by atoms with van der Waals surface area (Å²) in [6, 6.07) is 20.1. The van der Waals surface area contributed by atoms with Crippen molar-refractivity contribution in [1.82, 2.24) is 9.97 Å². The summed E-state index contributed by atoms with van der Waals surface area (Å²) >= 11 is 0. The molecule has 0 saturated carbocycles. The van der Waals surface area contributed by atoms with E-state index >= 15 is 0 Å². The van der Waals surface area contributed by atoms with Crippen LogP contribution in [0.5, 0.6) is 0 Å². The molecule has 1 heterocycles. The number of halogens is 2. The summed E-state index contributed by atoms with van der Waals surface area (Å²) in [5.41, 5.74) is 7.53. The molecule has 0 fully saturated rings. The Balaban J connectivity index is 1.47. The molecule has 1 aromatic heterocycles. The van der Waals surface area contributed by atoms with Crippen LogP contribution in [-0.2, 0) is 23.6 Å². The van der Waals surface area contributed by atoms with Gasteiger partial charge in [-0.1, -0.05) is 79.2 Å². The summed E-state index contributed by atoms with van der Waals surface area (Å²) in [6.07, 6.45) is 3.61. The van der Waals surface area contributed by atoms with Gasteiger partial charge in [0.05, 0.1) is 11.4 Å². The molecule has 0 bridgehead atoms. The summed E-state index contributed by atoms with van der Waals surface area (Å²) < 4.78 is 27.6. The first-order valence-electron chi connectivity index (χ1n) is 11.7. The zero-order valence-corrected chi connectivity index (χ0v) is 20.2. The fourth-order valence-electron chi connectivity index (χ4n) is 4.19. The van der Waals surface area contributed by atoms with Crippen LogP contribution in [-0.4, -0.2) is 15.8 Å². The number of aromatic nitrogens is 2. The van der Waals surface area contributed by atoms with E-state index in [9.17, 15) is 13.6 Å². The average Bonchev–Trinajstić information content (AvgIpc) is 2.85. The first kappa shape index (κ1) is 24.4. The highest BCUT2D eigenvalue weighted by Crippen LogP contribution is 2.32. The molecule has 0 radical (unpaired) electrons. The van der Waals surface area contributed by atoms with Crippen LogP contribution >= 0.6 is 0 Å². The number of aryl methyl sites for hydroxylation is 2. The van der Waals surface area contributed by atoms with Gasteiger partial charge in [-0.15, -0.1) is 0 Å². The molecule has 4 rings (SSSR count). The number of carbonyl (C=O) groups is 1. The van der Waals surface area contributed by atoms with Crippen molar-refractivity contribution in [3.05, 3.63) is 107 Å². The molecule has 0 atom stereocenters. The minimum atomic E-state index is -2.84. The van der Waals surface area contributed by atoms with E-state index in [0.29, 0.717) is 0 Å². The number of benzene rings is 3. The molecule has 3 aromatic carbocycles. The number of hydrogen-bond acceptors (Lipinski definition) is 3. The van der Waals surface area contributed by atoms with Gasteiger partial charge in [-0.2, -0.15) is 0 Å². The van der Waals surface area contributed by atoms with Gasteiger partial charge in [0.2, 0.25) is 0 Å². The third-order valence-electron chi connectivity index (χ3n) is 6.19. The normalized spacial score (nSPS) is 11.5. The Morgan fingerprint density at radius 1 is 0.800 bits per heavy atom. The molecule has 0 aliphatic heterocycles. The SMILES string of the molecule is CCC(F)(F)c1ccc(CC(=O)Cc2ccc(-c3nccnc3-c3ccc(C)cc3C)cc2)cc1. The van der Waals surface area contributed by atoms with E-state index in [4.69, 9.17) is 0 Å². The highest BCUT2D eigenvalue weighted by atomic mass is 19.3. The quantitative estimate of drug-likeness (QED) is 0.272. The maximum absolute atomic E-state index is 13.8. The molecular weight excluding hydrogens is 442 g/mol. The summed E-state index contributed by atoms with van der Waals surface area (Å²) in [4.78, 5) is 21.8. The number of rotatable bonds is 8. The number of carbonyl (C=O) groups excluding carboxylic acids is 1. The van der Waals surface area contributed by atoms with Crippen LogP contribution in [0.1, 0.15) is 41.2 Å². The van der Waals surface area contributed by atoms with Crippen LogP contribution in [0.2, 0.25) is 0 Å². The van der Waals surface area contributed by atoms with E-state index in [-0.39, 0.29) is 30.6 Å². The lowest BCUT2D eigenvalue weighted by Gasteiger charge is -2.14. The molecule has 0 aliphatic rings. The minimum absolute atomic E-state index is 0.0176. The van der Waals surface area contributed by atoms with Gasteiger partial charge in [-0.3, -0.25) is 14.8 Å². The van der Waals surface area contributed by atoms with Gasteiger partial charge in [0.25, 0.3) is 5.92 Å². The fourth-order valence-corrected chi connectivity index (χ4v) is 4.19. The van der Waals surface area contributed by atoms with Crippen LogP contribution in [0.3, 0.4) is 0 Å². The largest absolute Gasteiger partial charge is 0.299 e. The first-order valence-corrected chi connectivity index (χ1v) is 11.7. The van der Waals surface area contributed by atoms with Crippen LogP contribution < -0.4 is 0 Å². The Kier molecular flexibility index (Phi) is 7.15. The highest BCUT2D eigenvalue weighted by molar-refractivity contribution is 5.84. The third kappa shape index (κ3) is 5.68. The first-order chi connectivity index (χ1) is 16.8. The van der Waals surface area contributed by atoms with Crippen LogP contribution in [0, 0.1) is 13.8 Å². The molecule has 4 aromatic rings. The maximum atomic E-state index is 13.8. The highest BCUT2D eigenvalue weighted by Gasteiger charge is 2.28. The number of Topliss-reactive ketones (excluding diaryl/α,β-unsaturated/α-hetero) is 1. The van der Waals surface area contributed by atoms with Crippen LogP contribution in [0.25, 0.3) is 22.5 Å². The number of alkyl halides is 2. The Morgan fingerprint density at radius 3 is 1.94 bits per heavy atom. The Labute approximate surface area is 204 Å². The Bertz CT molecular complexity index is 1330. The van der Waals surface area contributed by atoms with Gasteiger partial charge in [0, 0.05) is 48.3 Å². The Morgan fingerprint density at radius 2 is 1.37 bits per heavy atom. The zero-order valence-electron chi connectivity index (χ0n) is 20.2. The van der Waals surface area contributed by atoms with E-state index in [1.165, 1.54) is 24.6 Å². The second-order valence-corrected chi connectivity index (χ2v) is 8.92. The average molecular weight is 471 g/mol. The lowest BCUT2D eigenvalue weighted by Crippen LogP contribution is -2.12. The molecule has 0 unspecified atom stereocenters. The van der Waals surface area contributed by atoms with Crippen LogP contribution in [0.4, 0.5) is 8.78 Å². The second kappa shape index (κ2) is 10.3. The van der Waals surface area contributed by atoms with Crippen molar-refractivity contribution < 1.29 is 13.6 Å². The predicted molar refractivity (Wildman–Crippen MR) is 135 cm³/mol. The van der Waals surface area contributed by atoms with Gasteiger partial charge >= 0.3 is 0 Å². The van der Waals surface area contributed by atoms with Crippen molar-refractivity contribution in [3.8, 4) is 22.5 Å². The zero-order chi connectivity index (χ0) is 25.0. The molecule has 0 saturated heterocycles. The summed E-state index contributed by atoms with van der Waals surface area (Å²) in [6.45, 7) is 5.59. The van der Waals surface area contributed by atoms with Crippen molar-refractivity contribution in [1.29, 1.82) is 0 Å². The van der Waals surface area contributed by atoms with Gasteiger partial charge in [-0.05, 0) is 30.5 Å². The van der Waals surface area contributed by atoms with Crippen molar-refractivity contribution in [2.45, 2.75) is 46.0 Å². The fraction of sp³-hybridized carbons (Fsp3) is 0.233. The van der Waals surface area contributed by atoms with Crippen LogP contribution in [0.15, 0.2) is 79.1 Å². The molecular formula is C30H28F2N2O. The number of nitrogens with zero attached hydrogens (tertiary/aromatic N) is 2. The van der Waals surface area contributed by atoms with Gasteiger partial charge in [0.15, 0.2) is 0 Å². The van der Waals surface area contributed by atoms with Crippen molar-refractivity contribution >= 4 is 5.78 Å². The third-order valence-corrected chi connectivity index (χ3v) is 6.19. The molecule has 5 heteroatoms.